The van der Waals surface area contributed by atoms with Gasteiger partial charge in [0.2, 0.25) is 11.8 Å². The first-order chi connectivity index (χ1) is 7.04. The van der Waals surface area contributed by atoms with Gasteiger partial charge in [0.15, 0.2) is 5.82 Å². The Kier molecular flexibility index (Phi) is 3.54. The first-order valence-electron chi connectivity index (χ1n) is 4.78. The van der Waals surface area contributed by atoms with E-state index in [1.807, 2.05) is 13.8 Å². The molecule has 0 saturated carbocycles. The second-order valence-corrected chi connectivity index (χ2v) is 3.60. The number of aromatic nitrogens is 2. The van der Waals surface area contributed by atoms with Crippen molar-refractivity contribution in [2.24, 2.45) is 5.92 Å². The van der Waals surface area contributed by atoms with E-state index in [1.165, 1.54) is 0 Å². The summed E-state index contributed by atoms with van der Waals surface area (Å²) in [5.74, 6) is 1.37. The van der Waals surface area contributed by atoms with E-state index in [0.717, 1.165) is 0 Å². The highest BCUT2D eigenvalue weighted by atomic mass is 16.5. The van der Waals surface area contributed by atoms with Gasteiger partial charge in [0.25, 0.3) is 0 Å². The summed E-state index contributed by atoms with van der Waals surface area (Å²) in [7, 11) is 1.71. The van der Waals surface area contributed by atoms with Crippen molar-refractivity contribution in [3.63, 3.8) is 0 Å². The van der Waals surface area contributed by atoms with Gasteiger partial charge in [0.1, 0.15) is 5.69 Å². The molecule has 84 valence electrons. The van der Waals surface area contributed by atoms with Gasteiger partial charge in [0, 0.05) is 7.05 Å². The molecule has 0 spiro atoms. The van der Waals surface area contributed by atoms with Crippen molar-refractivity contribution in [1.29, 1.82) is 0 Å². The molecule has 6 nitrogen and oxygen atoms in total. The monoisotopic (exact) mass is 211 g/mol. The van der Waals surface area contributed by atoms with Crippen molar-refractivity contribution in [3.8, 4) is 5.88 Å². The van der Waals surface area contributed by atoms with Crippen LogP contribution < -0.4 is 21.5 Å². The Morgan fingerprint density at radius 3 is 2.53 bits per heavy atom. The molecule has 0 amide bonds. The highest BCUT2D eigenvalue weighted by Gasteiger charge is 2.10. The van der Waals surface area contributed by atoms with Crippen LogP contribution in [0.2, 0.25) is 0 Å². The van der Waals surface area contributed by atoms with Crippen molar-refractivity contribution in [3.05, 3.63) is 0 Å². The van der Waals surface area contributed by atoms with Crippen LogP contribution in [0.1, 0.15) is 13.8 Å². The second-order valence-electron chi connectivity index (χ2n) is 3.60. The number of rotatable bonds is 4. The van der Waals surface area contributed by atoms with Crippen molar-refractivity contribution in [1.82, 2.24) is 9.97 Å². The summed E-state index contributed by atoms with van der Waals surface area (Å²) in [5.41, 5.74) is 11.7. The Hall–Kier alpha value is -1.72. The molecule has 0 fully saturated rings. The maximum absolute atomic E-state index is 5.78. The van der Waals surface area contributed by atoms with Gasteiger partial charge in [-0.25, -0.2) is 0 Å². The molecule has 1 aromatic rings. The summed E-state index contributed by atoms with van der Waals surface area (Å²) >= 11 is 0. The van der Waals surface area contributed by atoms with Crippen LogP contribution in [0.5, 0.6) is 5.88 Å². The molecule has 6 heteroatoms. The van der Waals surface area contributed by atoms with E-state index in [4.69, 9.17) is 16.2 Å². The molecule has 0 aliphatic heterocycles. The lowest BCUT2D eigenvalue weighted by Crippen LogP contribution is -2.11. The van der Waals surface area contributed by atoms with Crippen LogP contribution >= 0.6 is 0 Å². The Morgan fingerprint density at radius 1 is 1.33 bits per heavy atom. The lowest BCUT2D eigenvalue weighted by molar-refractivity contribution is 0.263. The Bertz CT molecular complexity index is 340. The number of hydrogen-bond acceptors (Lipinski definition) is 6. The fourth-order valence-corrected chi connectivity index (χ4v) is 1.01. The van der Waals surface area contributed by atoms with Gasteiger partial charge in [-0.3, -0.25) is 0 Å². The third kappa shape index (κ3) is 2.87. The molecule has 1 aromatic heterocycles. The molecule has 0 unspecified atom stereocenters. The number of ether oxygens (including phenoxy) is 1. The average Bonchev–Trinajstić information content (AvgIpc) is 2.18. The van der Waals surface area contributed by atoms with Gasteiger partial charge in [-0.05, 0) is 5.92 Å². The van der Waals surface area contributed by atoms with E-state index in [-0.39, 0.29) is 5.95 Å². The summed E-state index contributed by atoms with van der Waals surface area (Å²) in [6.45, 7) is 4.63. The largest absolute Gasteiger partial charge is 0.476 e. The van der Waals surface area contributed by atoms with Crippen LogP contribution in [0.4, 0.5) is 17.5 Å². The number of nitrogen functional groups attached to an aromatic ring is 2. The van der Waals surface area contributed by atoms with Gasteiger partial charge < -0.3 is 21.5 Å². The minimum absolute atomic E-state index is 0.146. The fraction of sp³-hybridized carbons (Fsp3) is 0.556. The quantitative estimate of drug-likeness (QED) is 0.678. The molecule has 0 aliphatic rings. The number of nitrogens with two attached hydrogens (primary N) is 2. The minimum atomic E-state index is 0.146. The van der Waals surface area contributed by atoms with Crippen molar-refractivity contribution < 1.29 is 4.74 Å². The van der Waals surface area contributed by atoms with Crippen LogP contribution in [0.3, 0.4) is 0 Å². The van der Waals surface area contributed by atoms with Crippen molar-refractivity contribution in [2.75, 3.05) is 30.4 Å². The van der Waals surface area contributed by atoms with E-state index < -0.39 is 0 Å². The molecule has 1 heterocycles. The Balaban J connectivity index is 2.91. The maximum Gasteiger partial charge on any atom is 0.244 e. The average molecular weight is 211 g/mol. The van der Waals surface area contributed by atoms with Crippen LogP contribution in [0.25, 0.3) is 0 Å². The first-order valence-corrected chi connectivity index (χ1v) is 4.78. The fourth-order valence-electron chi connectivity index (χ4n) is 1.01. The zero-order chi connectivity index (χ0) is 11.4. The van der Waals surface area contributed by atoms with Gasteiger partial charge in [-0.1, -0.05) is 13.8 Å². The number of anilines is 3. The normalized spacial score (nSPS) is 10.4. The molecule has 0 saturated heterocycles. The van der Waals surface area contributed by atoms with Crippen LogP contribution in [0, 0.1) is 5.92 Å². The third-order valence-electron chi connectivity index (χ3n) is 1.72. The lowest BCUT2D eigenvalue weighted by atomic mass is 10.2. The summed E-state index contributed by atoms with van der Waals surface area (Å²) in [6, 6.07) is 0. The van der Waals surface area contributed by atoms with Gasteiger partial charge in [0.05, 0.1) is 6.61 Å². The van der Waals surface area contributed by atoms with Crippen LogP contribution in [0.15, 0.2) is 0 Å². The van der Waals surface area contributed by atoms with E-state index in [2.05, 4.69) is 15.3 Å². The highest BCUT2D eigenvalue weighted by Crippen LogP contribution is 2.26. The standard InChI is InChI=1S/C9H17N5O/c1-5(2)4-15-8-6(10)7(12-3)13-9(11)14-8/h5H,4,10H2,1-3H3,(H3,11,12,13,14). The molecule has 0 aliphatic carbocycles. The molecular weight excluding hydrogens is 194 g/mol. The summed E-state index contributed by atoms with van der Waals surface area (Å²) in [4.78, 5) is 7.86. The molecular formula is C9H17N5O. The number of nitrogens with zero attached hydrogens (tertiary/aromatic N) is 2. The molecule has 0 aromatic carbocycles. The van der Waals surface area contributed by atoms with Gasteiger partial charge in [-0.15, -0.1) is 0 Å². The lowest BCUT2D eigenvalue weighted by Gasteiger charge is -2.12. The molecule has 5 N–H and O–H groups in total. The van der Waals surface area contributed by atoms with E-state index in [0.29, 0.717) is 29.9 Å². The van der Waals surface area contributed by atoms with Crippen LogP contribution in [-0.2, 0) is 0 Å². The summed E-state index contributed by atoms with van der Waals surface area (Å²) < 4.78 is 5.43. The third-order valence-corrected chi connectivity index (χ3v) is 1.72. The smallest absolute Gasteiger partial charge is 0.244 e. The van der Waals surface area contributed by atoms with E-state index in [1.54, 1.807) is 7.05 Å². The van der Waals surface area contributed by atoms with Crippen molar-refractivity contribution in [2.45, 2.75) is 13.8 Å². The molecule has 0 atom stereocenters. The first kappa shape index (κ1) is 11.4. The zero-order valence-electron chi connectivity index (χ0n) is 9.24. The summed E-state index contributed by atoms with van der Waals surface area (Å²) in [6.07, 6.45) is 0. The Labute approximate surface area is 89.0 Å². The van der Waals surface area contributed by atoms with E-state index >= 15 is 0 Å². The zero-order valence-corrected chi connectivity index (χ0v) is 9.24. The number of hydrogen-bond donors (Lipinski definition) is 3. The SMILES string of the molecule is CNc1nc(N)nc(OCC(C)C)c1N. The van der Waals surface area contributed by atoms with Gasteiger partial charge >= 0.3 is 0 Å². The topological polar surface area (TPSA) is 99.1 Å². The van der Waals surface area contributed by atoms with Crippen molar-refractivity contribution >= 4 is 17.5 Å². The van der Waals surface area contributed by atoms with Crippen LogP contribution in [-0.4, -0.2) is 23.6 Å². The van der Waals surface area contributed by atoms with Gasteiger partial charge in [-0.2, -0.15) is 9.97 Å². The summed E-state index contributed by atoms with van der Waals surface area (Å²) in [5, 5.41) is 2.83. The molecule has 0 bridgehead atoms. The predicted octanol–water partition coefficient (Wildman–Crippen LogP) is 0.717. The number of nitrogens with one attached hydrogen (secondary N) is 1. The second kappa shape index (κ2) is 4.68. The molecule has 0 radical (unpaired) electrons. The maximum atomic E-state index is 5.78. The Morgan fingerprint density at radius 2 is 2.00 bits per heavy atom. The molecule has 15 heavy (non-hydrogen) atoms. The van der Waals surface area contributed by atoms with E-state index in [9.17, 15) is 0 Å². The predicted molar refractivity (Wildman–Crippen MR) is 60.7 cm³/mol. The highest BCUT2D eigenvalue weighted by molar-refractivity contribution is 5.68. The minimum Gasteiger partial charge on any atom is -0.476 e. The molecule has 1 rings (SSSR count).